The first-order valence-electron chi connectivity index (χ1n) is 2.92. The summed E-state index contributed by atoms with van der Waals surface area (Å²) >= 11 is 5.43. The third kappa shape index (κ3) is 4.20. The third-order valence-electron chi connectivity index (χ3n) is 0.916. The van der Waals surface area contributed by atoms with Crippen molar-refractivity contribution in [1.29, 1.82) is 0 Å². The van der Waals surface area contributed by atoms with Crippen LogP contribution in [0, 0.1) is 5.92 Å². The molecular weight excluding hydrogens is 120 g/mol. The second-order valence-electron chi connectivity index (χ2n) is 2.55. The number of halogens is 1. The van der Waals surface area contributed by atoms with Gasteiger partial charge in [-0.2, -0.15) is 0 Å². The number of allylic oxidation sites excluding steroid dienone is 1. The predicted octanol–water partition coefficient (Wildman–Crippen LogP) is 3.18. The second-order valence-corrected chi connectivity index (χ2v) is 2.77. The Morgan fingerprint density at radius 2 is 2.12 bits per heavy atom. The fraction of sp³-hybridized carbons (Fsp3) is 0.714. The van der Waals surface area contributed by atoms with Crippen molar-refractivity contribution in [3.05, 3.63) is 11.1 Å². The number of hydrogen-bond acceptors (Lipinski definition) is 0. The molecule has 0 atom stereocenters. The van der Waals surface area contributed by atoms with Crippen LogP contribution in [0.1, 0.15) is 27.2 Å². The van der Waals surface area contributed by atoms with E-state index in [4.69, 9.17) is 11.6 Å². The van der Waals surface area contributed by atoms with Crippen LogP contribution in [0.5, 0.6) is 0 Å². The van der Waals surface area contributed by atoms with Crippen molar-refractivity contribution in [3.63, 3.8) is 0 Å². The lowest BCUT2D eigenvalue weighted by Crippen LogP contribution is -1.85. The zero-order valence-electron chi connectivity index (χ0n) is 5.74. The molecule has 48 valence electrons. The fourth-order valence-electron chi connectivity index (χ4n) is 0.688. The molecule has 8 heavy (non-hydrogen) atoms. The Labute approximate surface area is 56.5 Å². The van der Waals surface area contributed by atoms with E-state index in [1.165, 1.54) is 5.57 Å². The van der Waals surface area contributed by atoms with Gasteiger partial charge in [0.05, 0.1) is 0 Å². The van der Waals surface area contributed by atoms with Gasteiger partial charge in [0.2, 0.25) is 0 Å². The van der Waals surface area contributed by atoms with Crippen LogP contribution in [0.3, 0.4) is 0 Å². The van der Waals surface area contributed by atoms with Gasteiger partial charge in [-0.05, 0) is 19.3 Å². The summed E-state index contributed by atoms with van der Waals surface area (Å²) in [6, 6.07) is 0. The molecular formula is C7H13Cl. The molecule has 0 aliphatic carbocycles. The average molecular weight is 133 g/mol. The van der Waals surface area contributed by atoms with Gasteiger partial charge in [0.15, 0.2) is 0 Å². The summed E-state index contributed by atoms with van der Waals surface area (Å²) in [4.78, 5) is 0. The van der Waals surface area contributed by atoms with Gasteiger partial charge >= 0.3 is 0 Å². The Hall–Kier alpha value is 0.0300. The molecule has 0 aliphatic rings. The quantitative estimate of drug-likeness (QED) is 0.542. The van der Waals surface area contributed by atoms with Crippen LogP contribution in [0.15, 0.2) is 11.1 Å². The lowest BCUT2D eigenvalue weighted by molar-refractivity contribution is 0.643. The molecule has 0 aromatic carbocycles. The number of rotatable bonds is 2. The summed E-state index contributed by atoms with van der Waals surface area (Å²) in [7, 11) is 0. The fourth-order valence-corrected chi connectivity index (χ4v) is 0.778. The summed E-state index contributed by atoms with van der Waals surface area (Å²) in [6.07, 6.45) is 1.11. The summed E-state index contributed by atoms with van der Waals surface area (Å²) < 4.78 is 0. The van der Waals surface area contributed by atoms with Gasteiger partial charge in [-0.15, -0.1) is 0 Å². The molecule has 0 radical (unpaired) electrons. The number of hydrogen-bond donors (Lipinski definition) is 0. The van der Waals surface area contributed by atoms with E-state index in [1.54, 1.807) is 5.54 Å². The van der Waals surface area contributed by atoms with Crippen LogP contribution >= 0.6 is 11.6 Å². The van der Waals surface area contributed by atoms with Gasteiger partial charge in [-0.3, -0.25) is 0 Å². The molecule has 0 aromatic rings. The highest BCUT2D eigenvalue weighted by molar-refractivity contribution is 6.25. The normalized spacial score (nSPS) is 12.9. The van der Waals surface area contributed by atoms with Gasteiger partial charge in [0.1, 0.15) is 0 Å². The Morgan fingerprint density at radius 3 is 2.25 bits per heavy atom. The van der Waals surface area contributed by atoms with E-state index in [0.717, 1.165) is 12.3 Å². The van der Waals surface area contributed by atoms with Crippen molar-refractivity contribution in [2.45, 2.75) is 27.2 Å². The lowest BCUT2D eigenvalue weighted by atomic mass is 10.1. The topological polar surface area (TPSA) is 0 Å². The minimum atomic E-state index is 0.727. The molecule has 0 spiro atoms. The van der Waals surface area contributed by atoms with Gasteiger partial charge in [-0.25, -0.2) is 0 Å². The summed E-state index contributed by atoms with van der Waals surface area (Å²) in [5, 5.41) is 0. The monoisotopic (exact) mass is 132 g/mol. The Bertz CT molecular complexity index is 82.4. The highest BCUT2D eigenvalue weighted by Crippen LogP contribution is 2.09. The zero-order chi connectivity index (χ0) is 6.57. The average Bonchev–Trinajstić information content (AvgIpc) is 1.65. The minimum Gasteiger partial charge on any atom is -0.0930 e. The van der Waals surface area contributed by atoms with E-state index < -0.39 is 0 Å². The van der Waals surface area contributed by atoms with Crippen LogP contribution in [-0.4, -0.2) is 0 Å². The molecule has 0 aliphatic heterocycles. The summed E-state index contributed by atoms with van der Waals surface area (Å²) in [5.74, 6) is 0.727. The van der Waals surface area contributed by atoms with Gasteiger partial charge in [0.25, 0.3) is 0 Å². The van der Waals surface area contributed by atoms with E-state index in [-0.39, 0.29) is 0 Å². The van der Waals surface area contributed by atoms with Crippen molar-refractivity contribution in [2.75, 3.05) is 0 Å². The zero-order valence-corrected chi connectivity index (χ0v) is 6.50. The maximum Gasteiger partial charge on any atom is 0.00317 e. The van der Waals surface area contributed by atoms with Crippen LogP contribution in [0.25, 0.3) is 0 Å². The predicted molar refractivity (Wildman–Crippen MR) is 39.1 cm³/mol. The Balaban J connectivity index is 3.39. The lowest BCUT2D eigenvalue weighted by Gasteiger charge is -2.01. The first kappa shape index (κ1) is 8.03. The van der Waals surface area contributed by atoms with E-state index in [9.17, 15) is 0 Å². The molecule has 0 aromatic heterocycles. The van der Waals surface area contributed by atoms with Crippen molar-refractivity contribution in [1.82, 2.24) is 0 Å². The summed E-state index contributed by atoms with van der Waals surface area (Å²) in [6.45, 7) is 6.42. The van der Waals surface area contributed by atoms with Crippen molar-refractivity contribution in [3.8, 4) is 0 Å². The largest absolute Gasteiger partial charge is 0.0930 e. The van der Waals surface area contributed by atoms with Gasteiger partial charge < -0.3 is 0 Å². The van der Waals surface area contributed by atoms with Crippen molar-refractivity contribution in [2.24, 2.45) is 5.92 Å². The van der Waals surface area contributed by atoms with Crippen molar-refractivity contribution >= 4 is 11.6 Å². The Morgan fingerprint density at radius 1 is 1.62 bits per heavy atom. The van der Waals surface area contributed by atoms with Crippen LogP contribution in [0.2, 0.25) is 0 Å². The molecule has 0 heterocycles. The van der Waals surface area contributed by atoms with Crippen molar-refractivity contribution < 1.29 is 0 Å². The molecule has 1 heteroatoms. The standard InChI is InChI=1S/C7H13Cl/c1-6(2)4-7(3)5-8/h5-6H,4H2,1-3H3/b7-5-. The third-order valence-corrected chi connectivity index (χ3v) is 1.29. The highest BCUT2D eigenvalue weighted by Gasteiger charge is 1.92. The summed E-state index contributed by atoms with van der Waals surface area (Å²) in [5.41, 5.74) is 2.92. The van der Waals surface area contributed by atoms with E-state index in [2.05, 4.69) is 13.8 Å². The molecule has 0 fully saturated rings. The maximum absolute atomic E-state index is 5.43. The van der Waals surface area contributed by atoms with Gasteiger partial charge in [0, 0.05) is 5.54 Å². The second kappa shape index (κ2) is 3.96. The smallest absolute Gasteiger partial charge is 0.00317 e. The molecule has 0 bridgehead atoms. The molecule has 0 amide bonds. The van der Waals surface area contributed by atoms with E-state index >= 15 is 0 Å². The SMILES string of the molecule is C/C(=C/Cl)CC(C)C. The molecule has 0 rings (SSSR count). The maximum atomic E-state index is 5.43. The van der Waals surface area contributed by atoms with Gasteiger partial charge in [-0.1, -0.05) is 31.0 Å². The molecule has 0 nitrogen and oxygen atoms in total. The first-order chi connectivity index (χ1) is 3.66. The van der Waals surface area contributed by atoms with Crippen LogP contribution in [0.4, 0.5) is 0 Å². The first-order valence-corrected chi connectivity index (χ1v) is 3.36. The minimum absolute atomic E-state index is 0.727. The highest BCUT2D eigenvalue weighted by atomic mass is 35.5. The molecule has 0 N–H and O–H groups in total. The van der Waals surface area contributed by atoms with Crippen LogP contribution < -0.4 is 0 Å². The van der Waals surface area contributed by atoms with E-state index in [0.29, 0.717) is 0 Å². The van der Waals surface area contributed by atoms with Crippen LogP contribution in [-0.2, 0) is 0 Å². The Kier molecular flexibility index (Phi) is 3.98. The molecule has 0 saturated heterocycles. The van der Waals surface area contributed by atoms with E-state index in [1.807, 2.05) is 6.92 Å². The molecule has 0 saturated carbocycles. The molecule has 0 unspecified atom stereocenters.